The number of piperidine rings is 3. The molecule has 3 heteroatoms. The molecule has 0 aliphatic carbocycles. The molecule has 3 nitrogen and oxygen atoms in total. The van der Waals surface area contributed by atoms with E-state index in [-0.39, 0.29) is 0 Å². The van der Waals surface area contributed by atoms with Gasteiger partial charge in [0.1, 0.15) is 11.8 Å². The van der Waals surface area contributed by atoms with E-state index in [2.05, 4.69) is 11.0 Å². The molecule has 2 N–H and O–H groups in total. The van der Waals surface area contributed by atoms with Crippen molar-refractivity contribution < 1.29 is 0 Å². The van der Waals surface area contributed by atoms with E-state index in [4.69, 9.17) is 11.0 Å². The normalized spacial score (nSPS) is 37.6. The number of rotatable bonds is 0. The van der Waals surface area contributed by atoms with Crippen LogP contribution in [0.1, 0.15) is 12.8 Å². The van der Waals surface area contributed by atoms with Crippen LogP contribution in [-0.4, -0.2) is 24.5 Å². The summed E-state index contributed by atoms with van der Waals surface area (Å²) < 4.78 is 0. The van der Waals surface area contributed by atoms with Gasteiger partial charge in [-0.25, -0.2) is 0 Å². The standard InChI is InChI=1S/C9H13N3/c10-5-9(11)8-6-12-3-1-7(8)2-4-12/h7H,1-4,6,11H2/b9-8-. The maximum Gasteiger partial charge on any atom is 0.117 e. The van der Waals surface area contributed by atoms with Gasteiger partial charge in [0.05, 0.1) is 0 Å². The molecule has 3 fully saturated rings. The Balaban J connectivity index is 2.25. The van der Waals surface area contributed by atoms with Crippen LogP contribution >= 0.6 is 0 Å². The highest BCUT2D eigenvalue weighted by atomic mass is 15.1. The van der Waals surface area contributed by atoms with E-state index in [9.17, 15) is 0 Å². The highest BCUT2D eigenvalue weighted by Crippen LogP contribution is 2.32. The maximum absolute atomic E-state index is 8.66. The second kappa shape index (κ2) is 2.80. The summed E-state index contributed by atoms with van der Waals surface area (Å²) in [6.45, 7) is 3.31. The predicted octanol–water partition coefficient (Wildman–Crippen LogP) is 0.448. The fourth-order valence-electron chi connectivity index (χ4n) is 2.19. The largest absolute Gasteiger partial charge is 0.390 e. The molecule has 0 aromatic rings. The maximum atomic E-state index is 8.66. The van der Waals surface area contributed by atoms with E-state index < -0.39 is 0 Å². The molecule has 3 aliphatic rings. The van der Waals surface area contributed by atoms with E-state index >= 15 is 0 Å². The van der Waals surface area contributed by atoms with Crippen molar-refractivity contribution in [2.24, 2.45) is 11.7 Å². The molecule has 0 aromatic heterocycles. The molecule has 2 bridgehead atoms. The molecule has 3 saturated heterocycles. The smallest absolute Gasteiger partial charge is 0.117 e. The lowest BCUT2D eigenvalue weighted by molar-refractivity contribution is 0.160. The SMILES string of the molecule is N#C/C(N)=C1\CN2CCC1CC2. The number of hydrogen-bond acceptors (Lipinski definition) is 3. The van der Waals surface area contributed by atoms with Gasteiger partial charge in [-0.2, -0.15) is 5.26 Å². The molecule has 0 amide bonds. The van der Waals surface area contributed by atoms with Crippen LogP contribution in [0, 0.1) is 17.2 Å². The molecule has 0 spiro atoms. The molecule has 0 radical (unpaired) electrons. The third-order valence-corrected chi connectivity index (χ3v) is 2.94. The molecule has 3 aliphatic heterocycles. The fraction of sp³-hybridized carbons (Fsp3) is 0.667. The van der Waals surface area contributed by atoms with Crippen molar-refractivity contribution in [3.8, 4) is 6.07 Å². The van der Waals surface area contributed by atoms with Crippen LogP contribution in [0.5, 0.6) is 0 Å². The number of nitrogens with zero attached hydrogens (tertiary/aromatic N) is 2. The van der Waals surface area contributed by atoms with Gasteiger partial charge in [-0.05, 0) is 37.4 Å². The molecule has 3 heterocycles. The first-order valence-electron chi connectivity index (χ1n) is 4.42. The first-order valence-corrected chi connectivity index (χ1v) is 4.42. The van der Waals surface area contributed by atoms with Crippen LogP contribution in [0.4, 0.5) is 0 Å². The second-order valence-electron chi connectivity index (χ2n) is 3.60. The third kappa shape index (κ3) is 1.09. The number of fused-ring (bicyclic) bond motifs is 3. The Labute approximate surface area is 72.4 Å². The Morgan fingerprint density at radius 1 is 1.50 bits per heavy atom. The van der Waals surface area contributed by atoms with Gasteiger partial charge >= 0.3 is 0 Å². The van der Waals surface area contributed by atoms with Crippen LogP contribution in [0.3, 0.4) is 0 Å². The average molecular weight is 163 g/mol. The van der Waals surface area contributed by atoms with Crippen LogP contribution in [0.25, 0.3) is 0 Å². The first kappa shape index (κ1) is 7.63. The topological polar surface area (TPSA) is 53.1 Å². The molecule has 0 atom stereocenters. The van der Waals surface area contributed by atoms with Gasteiger partial charge in [0, 0.05) is 6.54 Å². The minimum Gasteiger partial charge on any atom is -0.390 e. The number of hydrogen-bond donors (Lipinski definition) is 1. The Kier molecular flexibility index (Phi) is 1.78. The van der Waals surface area contributed by atoms with E-state index in [0.717, 1.165) is 6.54 Å². The summed E-state index contributed by atoms with van der Waals surface area (Å²) in [5.41, 5.74) is 7.28. The Morgan fingerprint density at radius 3 is 2.58 bits per heavy atom. The summed E-state index contributed by atoms with van der Waals surface area (Å²) in [5, 5.41) is 8.66. The monoisotopic (exact) mass is 163 g/mol. The van der Waals surface area contributed by atoms with Crippen molar-refractivity contribution in [3.63, 3.8) is 0 Å². The van der Waals surface area contributed by atoms with Crippen molar-refractivity contribution >= 4 is 0 Å². The zero-order chi connectivity index (χ0) is 8.55. The fourth-order valence-corrected chi connectivity index (χ4v) is 2.19. The van der Waals surface area contributed by atoms with E-state index in [1.807, 2.05) is 0 Å². The zero-order valence-electron chi connectivity index (χ0n) is 7.08. The minimum absolute atomic E-state index is 0.462. The summed E-state index contributed by atoms with van der Waals surface area (Å²) in [7, 11) is 0. The van der Waals surface area contributed by atoms with Crippen LogP contribution < -0.4 is 5.73 Å². The molecule has 64 valence electrons. The molecule has 12 heavy (non-hydrogen) atoms. The van der Waals surface area contributed by atoms with Crippen molar-refractivity contribution in [3.05, 3.63) is 11.3 Å². The van der Waals surface area contributed by atoms with Gasteiger partial charge in [0.25, 0.3) is 0 Å². The first-order chi connectivity index (χ1) is 5.81. The molecular weight excluding hydrogens is 150 g/mol. The summed E-state index contributed by atoms with van der Waals surface area (Å²) >= 11 is 0. The highest BCUT2D eigenvalue weighted by Gasteiger charge is 2.30. The van der Waals surface area contributed by atoms with Crippen molar-refractivity contribution in [1.82, 2.24) is 4.90 Å². The minimum atomic E-state index is 0.462. The quantitative estimate of drug-likeness (QED) is 0.527. The van der Waals surface area contributed by atoms with Crippen molar-refractivity contribution in [2.75, 3.05) is 19.6 Å². The lowest BCUT2D eigenvalue weighted by Crippen LogP contribution is -2.44. The van der Waals surface area contributed by atoms with Gasteiger partial charge < -0.3 is 5.73 Å². The van der Waals surface area contributed by atoms with E-state index in [1.165, 1.54) is 31.5 Å². The molecule has 0 aromatic carbocycles. The van der Waals surface area contributed by atoms with Gasteiger partial charge in [-0.1, -0.05) is 0 Å². The van der Waals surface area contributed by atoms with Gasteiger partial charge in [0.15, 0.2) is 0 Å². The Hall–Kier alpha value is -1.01. The van der Waals surface area contributed by atoms with Crippen LogP contribution in [0.15, 0.2) is 11.3 Å². The molecule has 0 unspecified atom stereocenters. The molecule has 3 rings (SSSR count). The number of allylic oxidation sites excluding steroid dienone is 1. The lowest BCUT2D eigenvalue weighted by Gasteiger charge is -2.41. The summed E-state index contributed by atoms with van der Waals surface area (Å²) in [6, 6.07) is 2.05. The third-order valence-electron chi connectivity index (χ3n) is 2.94. The Morgan fingerprint density at radius 2 is 2.17 bits per heavy atom. The van der Waals surface area contributed by atoms with Gasteiger partial charge in [-0.15, -0.1) is 0 Å². The predicted molar refractivity (Wildman–Crippen MR) is 46.0 cm³/mol. The average Bonchev–Trinajstić information content (AvgIpc) is 2.18. The summed E-state index contributed by atoms with van der Waals surface area (Å²) in [5.74, 6) is 0.606. The van der Waals surface area contributed by atoms with Crippen LogP contribution in [-0.2, 0) is 0 Å². The molecular formula is C9H13N3. The van der Waals surface area contributed by atoms with Crippen molar-refractivity contribution in [1.29, 1.82) is 5.26 Å². The lowest BCUT2D eigenvalue weighted by atomic mass is 9.83. The van der Waals surface area contributed by atoms with E-state index in [1.54, 1.807) is 0 Å². The van der Waals surface area contributed by atoms with Crippen molar-refractivity contribution in [2.45, 2.75) is 12.8 Å². The zero-order valence-corrected chi connectivity index (χ0v) is 7.08. The van der Waals surface area contributed by atoms with Gasteiger partial charge in [-0.3, -0.25) is 4.90 Å². The second-order valence-corrected chi connectivity index (χ2v) is 3.60. The highest BCUT2D eigenvalue weighted by molar-refractivity contribution is 5.29. The van der Waals surface area contributed by atoms with Crippen LogP contribution in [0.2, 0.25) is 0 Å². The van der Waals surface area contributed by atoms with Gasteiger partial charge in [0.2, 0.25) is 0 Å². The summed E-state index contributed by atoms with van der Waals surface area (Å²) in [6.07, 6.45) is 2.38. The number of nitriles is 1. The molecule has 0 saturated carbocycles. The Bertz CT molecular complexity index is 253. The number of nitrogens with two attached hydrogens (primary N) is 1. The van der Waals surface area contributed by atoms with E-state index in [0.29, 0.717) is 11.6 Å². The summed E-state index contributed by atoms with van der Waals surface area (Å²) in [4.78, 5) is 2.37.